The summed E-state index contributed by atoms with van der Waals surface area (Å²) in [7, 11) is 0. The number of thiazole rings is 1. The number of amides is 1. The highest BCUT2D eigenvalue weighted by Gasteiger charge is 2.34. The van der Waals surface area contributed by atoms with Gasteiger partial charge in [-0.3, -0.25) is 9.69 Å². The van der Waals surface area contributed by atoms with Gasteiger partial charge in [-0.15, -0.1) is 11.3 Å². The summed E-state index contributed by atoms with van der Waals surface area (Å²) in [4.78, 5) is 23.1. The summed E-state index contributed by atoms with van der Waals surface area (Å²) in [6.07, 6.45) is 3.17. The van der Waals surface area contributed by atoms with Gasteiger partial charge < -0.3 is 20.6 Å². The Labute approximate surface area is 159 Å². The van der Waals surface area contributed by atoms with Crippen LogP contribution in [0.5, 0.6) is 0 Å². The van der Waals surface area contributed by atoms with Crippen LogP contribution in [0.15, 0.2) is 5.38 Å². The molecule has 0 aliphatic carbocycles. The predicted octanol–water partition coefficient (Wildman–Crippen LogP) is 0.988. The zero-order valence-electron chi connectivity index (χ0n) is 15.8. The monoisotopic (exact) mass is 381 g/mol. The molecule has 2 aliphatic rings. The van der Waals surface area contributed by atoms with E-state index in [0.717, 1.165) is 44.3 Å². The number of likely N-dealkylation sites (tertiary alicyclic amines) is 1. The van der Waals surface area contributed by atoms with Gasteiger partial charge in [-0.1, -0.05) is 0 Å². The number of piperazine rings is 1. The van der Waals surface area contributed by atoms with Crippen LogP contribution in [-0.4, -0.2) is 83.3 Å². The first kappa shape index (κ1) is 19.5. The Bertz CT molecular complexity index is 600. The molecule has 146 valence electrons. The topological polar surface area (TPSA) is 85.9 Å². The highest BCUT2D eigenvalue weighted by molar-refractivity contribution is 7.13. The quantitative estimate of drug-likeness (QED) is 0.764. The molecule has 7 nitrogen and oxygen atoms in total. The number of hydrogen-bond donors (Lipinski definition) is 2. The van der Waals surface area contributed by atoms with E-state index in [1.165, 1.54) is 24.2 Å². The number of nitrogens with two attached hydrogens (primary N) is 1. The van der Waals surface area contributed by atoms with Crippen molar-refractivity contribution in [2.45, 2.75) is 51.2 Å². The van der Waals surface area contributed by atoms with E-state index >= 15 is 0 Å². The molecule has 0 spiro atoms. The van der Waals surface area contributed by atoms with E-state index in [2.05, 4.69) is 33.5 Å². The molecule has 1 amide bonds. The van der Waals surface area contributed by atoms with E-state index < -0.39 is 5.91 Å². The van der Waals surface area contributed by atoms with E-state index in [-0.39, 0.29) is 6.61 Å². The normalized spacial score (nSPS) is 23.7. The number of nitrogens with zero attached hydrogens (tertiary/aromatic N) is 4. The highest BCUT2D eigenvalue weighted by atomic mass is 32.1. The van der Waals surface area contributed by atoms with E-state index in [9.17, 15) is 9.90 Å². The molecule has 1 aromatic heterocycles. The molecule has 8 heteroatoms. The summed E-state index contributed by atoms with van der Waals surface area (Å²) in [5, 5.41) is 12.1. The van der Waals surface area contributed by atoms with E-state index in [4.69, 9.17) is 5.73 Å². The van der Waals surface area contributed by atoms with Crippen molar-refractivity contribution in [2.75, 3.05) is 44.2 Å². The molecule has 0 aromatic carbocycles. The first-order valence-corrected chi connectivity index (χ1v) is 10.5. The zero-order valence-corrected chi connectivity index (χ0v) is 16.6. The maximum atomic E-state index is 11.3. The van der Waals surface area contributed by atoms with Crippen LogP contribution < -0.4 is 10.6 Å². The van der Waals surface area contributed by atoms with Crippen molar-refractivity contribution in [3.63, 3.8) is 0 Å². The maximum Gasteiger partial charge on any atom is 0.268 e. The second-order valence-corrected chi connectivity index (χ2v) is 8.43. The van der Waals surface area contributed by atoms with E-state index in [1.54, 1.807) is 5.38 Å². The number of piperidine rings is 1. The number of carbonyl (C=O) groups is 1. The second-order valence-electron chi connectivity index (χ2n) is 7.59. The number of carbonyl (C=O) groups excluding carboxylic acids is 1. The van der Waals surface area contributed by atoms with Crippen LogP contribution in [0.3, 0.4) is 0 Å². The Morgan fingerprint density at radius 1 is 1.35 bits per heavy atom. The van der Waals surface area contributed by atoms with E-state index in [1.807, 2.05) is 0 Å². The van der Waals surface area contributed by atoms with Gasteiger partial charge in [0.05, 0.1) is 0 Å². The SMILES string of the molecule is CC(C)N1CCC(N2CCN(c3nc(C(N)=O)cs3)CC2CCO)CC1. The average Bonchev–Trinajstić information content (AvgIpc) is 3.12. The summed E-state index contributed by atoms with van der Waals surface area (Å²) < 4.78 is 0. The smallest absolute Gasteiger partial charge is 0.268 e. The number of aliphatic hydroxyl groups is 1. The van der Waals surface area contributed by atoms with Crippen molar-refractivity contribution in [1.29, 1.82) is 0 Å². The molecule has 2 fully saturated rings. The zero-order chi connectivity index (χ0) is 18.7. The number of primary amides is 1. The molecule has 0 radical (unpaired) electrons. The van der Waals surface area contributed by atoms with Crippen molar-refractivity contribution in [2.24, 2.45) is 5.73 Å². The molecular weight excluding hydrogens is 350 g/mol. The van der Waals surface area contributed by atoms with Crippen LogP contribution in [0, 0.1) is 0 Å². The summed E-state index contributed by atoms with van der Waals surface area (Å²) in [5.74, 6) is -0.477. The minimum absolute atomic E-state index is 0.199. The van der Waals surface area contributed by atoms with Gasteiger partial charge in [-0.25, -0.2) is 4.98 Å². The van der Waals surface area contributed by atoms with Crippen LogP contribution in [0.1, 0.15) is 43.6 Å². The van der Waals surface area contributed by atoms with Gasteiger partial charge in [0.25, 0.3) is 5.91 Å². The van der Waals surface area contributed by atoms with Gasteiger partial charge in [0.2, 0.25) is 0 Å². The third-order valence-corrected chi connectivity index (χ3v) is 6.61. The lowest BCUT2D eigenvalue weighted by Crippen LogP contribution is -2.59. The molecule has 26 heavy (non-hydrogen) atoms. The number of hydrogen-bond acceptors (Lipinski definition) is 7. The minimum atomic E-state index is -0.477. The molecule has 3 rings (SSSR count). The Balaban J connectivity index is 1.63. The fourth-order valence-corrected chi connectivity index (χ4v) is 5.04. The van der Waals surface area contributed by atoms with E-state index in [0.29, 0.717) is 23.8 Å². The summed E-state index contributed by atoms with van der Waals surface area (Å²) >= 11 is 1.47. The van der Waals surface area contributed by atoms with Gasteiger partial charge in [0.15, 0.2) is 5.13 Å². The van der Waals surface area contributed by atoms with Crippen molar-refractivity contribution in [3.8, 4) is 0 Å². The molecule has 1 aromatic rings. The number of aliphatic hydroxyl groups excluding tert-OH is 1. The summed E-state index contributed by atoms with van der Waals surface area (Å²) in [5.41, 5.74) is 5.67. The fraction of sp³-hybridized carbons (Fsp3) is 0.778. The lowest BCUT2D eigenvalue weighted by molar-refractivity contribution is 0.0464. The molecule has 3 heterocycles. The molecule has 1 atom stereocenters. The molecule has 2 saturated heterocycles. The lowest BCUT2D eigenvalue weighted by atomic mass is 9.97. The summed E-state index contributed by atoms with van der Waals surface area (Å²) in [6.45, 7) is 9.76. The first-order chi connectivity index (χ1) is 12.5. The van der Waals surface area contributed by atoms with Crippen molar-refractivity contribution in [3.05, 3.63) is 11.1 Å². The standard InChI is InChI=1S/C18H31N5O2S/c1-13(2)21-6-3-14(4-7-21)23-9-8-22(11-15(23)5-10-24)18-20-16(12-26-18)17(19)25/h12-15,24H,3-11H2,1-2H3,(H2,19,25). The number of aromatic nitrogens is 1. The first-order valence-electron chi connectivity index (χ1n) is 9.60. The third-order valence-electron chi connectivity index (χ3n) is 5.70. The Hall–Kier alpha value is -1.22. The lowest BCUT2D eigenvalue weighted by Gasteiger charge is -2.48. The van der Waals surface area contributed by atoms with Crippen LogP contribution in [-0.2, 0) is 0 Å². The van der Waals surface area contributed by atoms with Crippen LogP contribution in [0.25, 0.3) is 0 Å². The molecule has 2 aliphatic heterocycles. The molecule has 0 bridgehead atoms. The van der Waals surface area contributed by atoms with Crippen LogP contribution in [0.4, 0.5) is 5.13 Å². The third kappa shape index (κ3) is 4.36. The average molecular weight is 382 g/mol. The minimum Gasteiger partial charge on any atom is -0.396 e. The molecule has 1 unspecified atom stereocenters. The van der Waals surface area contributed by atoms with Crippen molar-refractivity contribution < 1.29 is 9.90 Å². The largest absolute Gasteiger partial charge is 0.396 e. The Morgan fingerprint density at radius 3 is 2.65 bits per heavy atom. The Kier molecular flexibility index (Phi) is 6.50. The maximum absolute atomic E-state index is 11.3. The second kappa shape index (κ2) is 8.65. The predicted molar refractivity (Wildman–Crippen MR) is 105 cm³/mol. The van der Waals surface area contributed by atoms with Crippen LogP contribution in [0.2, 0.25) is 0 Å². The number of rotatable bonds is 6. The van der Waals surface area contributed by atoms with Gasteiger partial charge >= 0.3 is 0 Å². The van der Waals surface area contributed by atoms with Gasteiger partial charge in [-0.2, -0.15) is 0 Å². The van der Waals surface area contributed by atoms with Crippen molar-refractivity contribution in [1.82, 2.24) is 14.8 Å². The van der Waals surface area contributed by atoms with Crippen LogP contribution >= 0.6 is 11.3 Å². The van der Waals surface area contributed by atoms with Gasteiger partial charge in [0.1, 0.15) is 5.69 Å². The molecular formula is C18H31N5O2S. The number of anilines is 1. The van der Waals surface area contributed by atoms with Crippen molar-refractivity contribution >= 4 is 22.4 Å². The summed E-state index contributed by atoms with van der Waals surface area (Å²) in [6, 6.07) is 1.54. The fourth-order valence-electron chi connectivity index (χ4n) is 4.19. The van der Waals surface area contributed by atoms with Gasteiger partial charge in [0, 0.05) is 49.7 Å². The highest BCUT2D eigenvalue weighted by Crippen LogP contribution is 2.28. The molecule has 0 saturated carbocycles. The molecule has 3 N–H and O–H groups in total. The Morgan fingerprint density at radius 2 is 2.08 bits per heavy atom. The van der Waals surface area contributed by atoms with Gasteiger partial charge in [-0.05, 0) is 46.2 Å².